The number of nitrogens with one attached hydrogen (secondary N) is 1. The Morgan fingerprint density at radius 1 is 1.33 bits per heavy atom. The quantitative estimate of drug-likeness (QED) is 0.811. The lowest BCUT2D eigenvalue weighted by atomic mass is 10.2. The molecule has 0 atom stereocenters. The van der Waals surface area contributed by atoms with Crippen molar-refractivity contribution in [1.29, 1.82) is 0 Å². The second kappa shape index (κ2) is 4.39. The average molecular weight is 259 g/mol. The molecule has 0 aliphatic carbocycles. The van der Waals surface area contributed by atoms with Crippen LogP contribution < -0.4 is 0 Å². The summed E-state index contributed by atoms with van der Waals surface area (Å²) in [7, 11) is 0. The number of benzene rings is 1. The minimum Gasteiger partial charge on any atom is -0.337 e. The van der Waals surface area contributed by atoms with Gasteiger partial charge in [0.15, 0.2) is 4.77 Å². The smallest absolute Gasteiger partial charge is 0.177 e. The minimum absolute atomic E-state index is 0.627. The molecule has 2 aromatic rings. The highest BCUT2D eigenvalue weighted by molar-refractivity contribution is 7.71. The molecule has 5 heteroatoms. The molecule has 0 amide bonds. The Morgan fingerprint density at radius 3 is 2.80 bits per heavy atom. The second-order valence-corrected chi connectivity index (χ2v) is 4.36. The third kappa shape index (κ3) is 2.43. The van der Waals surface area contributed by atoms with Gasteiger partial charge in [0.05, 0.1) is 6.54 Å². The molecule has 2 nitrogen and oxygen atoms in total. The molecule has 0 radical (unpaired) electrons. The zero-order valence-corrected chi connectivity index (χ0v) is 10.0. The average Bonchev–Trinajstić information content (AvgIpc) is 2.58. The van der Waals surface area contributed by atoms with Crippen molar-refractivity contribution in [3.63, 3.8) is 0 Å². The highest BCUT2D eigenvalue weighted by Gasteiger charge is 2.02. The number of nitrogens with zero attached hydrogens (tertiary/aromatic N) is 1. The van der Waals surface area contributed by atoms with Crippen LogP contribution in [0.25, 0.3) is 0 Å². The number of hydrogen-bond donors (Lipinski definition) is 1. The third-order valence-corrected chi connectivity index (χ3v) is 3.03. The van der Waals surface area contributed by atoms with Gasteiger partial charge in [0.1, 0.15) is 0 Å². The number of H-pyrrole nitrogens is 1. The molecule has 0 unspecified atom stereocenters. The predicted molar refractivity (Wildman–Crippen MR) is 65.2 cm³/mol. The van der Waals surface area contributed by atoms with E-state index in [2.05, 4.69) is 4.98 Å². The largest absolute Gasteiger partial charge is 0.337 e. The summed E-state index contributed by atoms with van der Waals surface area (Å²) in [4.78, 5) is 2.92. The molecule has 1 heterocycles. The zero-order chi connectivity index (χ0) is 10.8. The molecule has 0 aliphatic heterocycles. The molecule has 2 rings (SSSR count). The Bertz CT molecular complexity index is 530. The van der Waals surface area contributed by atoms with Gasteiger partial charge in [-0.25, -0.2) is 0 Å². The van der Waals surface area contributed by atoms with E-state index in [1.807, 2.05) is 16.8 Å². The van der Waals surface area contributed by atoms with Gasteiger partial charge in [0.25, 0.3) is 0 Å². The fourth-order valence-corrected chi connectivity index (χ4v) is 1.89. The topological polar surface area (TPSA) is 20.7 Å². The third-order valence-electron chi connectivity index (χ3n) is 2.07. The summed E-state index contributed by atoms with van der Waals surface area (Å²) in [6.07, 6.45) is 3.67. The Kier molecular flexibility index (Phi) is 3.14. The molecule has 0 fully saturated rings. The lowest BCUT2D eigenvalue weighted by Gasteiger charge is -2.05. The van der Waals surface area contributed by atoms with E-state index in [4.69, 9.17) is 35.4 Å². The van der Waals surface area contributed by atoms with Crippen LogP contribution in [0.4, 0.5) is 0 Å². The van der Waals surface area contributed by atoms with Gasteiger partial charge in [-0.1, -0.05) is 23.2 Å². The van der Waals surface area contributed by atoms with Crippen LogP contribution in [0, 0.1) is 4.77 Å². The summed E-state index contributed by atoms with van der Waals surface area (Å²) in [6, 6.07) is 5.40. The number of halogens is 2. The van der Waals surface area contributed by atoms with Crippen molar-refractivity contribution in [2.45, 2.75) is 6.54 Å². The fraction of sp³-hybridized carbons (Fsp3) is 0.100. The molecule has 78 valence electrons. The van der Waals surface area contributed by atoms with Gasteiger partial charge in [-0.15, -0.1) is 0 Å². The van der Waals surface area contributed by atoms with Crippen LogP contribution in [0.2, 0.25) is 10.0 Å². The Labute approximate surface area is 102 Å². The van der Waals surface area contributed by atoms with E-state index in [9.17, 15) is 0 Å². The first-order valence-corrected chi connectivity index (χ1v) is 5.51. The first-order valence-electron chi connectivity index (χ1n) is 4.34. The Hall–Kier alpha value is -0.770. The summed E-state index contributed by atoms with van der Waals surface area (Å²) in [5, 5.41) is 1.37. The van der Waals surface area contributed by atoms with Crippen LogP contribution >= 0.6 is 35.4 Å². The lowest BCUT2D eigenvalue weighted by molar-refractivity contribution is 0.784. The standard InChI is InChI=1S/C10H8Cl2N2S/c11-8-1-2-9(12)7(5-8)6-14-4-3-13-10(14)15/h1-5H,6H2,(H,13,15). The number of aromatic nitrogens is 2. The fourth-order valence-electron chi connectivity index (χ4n) is 1.32. The van der Waals surface area contributed by atoms with Crippen molar-refractivity contribution in [1.82, 2.24) is 9.55 Å². The van der Waals surface area contributed by atoms with E-state index in [0.717, 1.165) is 5.56 Å². The minimum atomic E-state index is 0.627. The number of imidazole rings is 1. The molecule has 1 aromatic heterocycles. The molecule has 15 heavy (non-hydrogen) atoms. The number of aromatic amines is 1. The van der Waals surface area contributed by atoms with Crippen molar-refractivity contribution in [3.8, 4) is 0 Å². The van der Waals surface area contributed by atoms with Crippen molar-refractivity contribution >= 4 is 35.4 Å². The summed E-state index contributed by atoms with van der Waals surface area (Å²) >= 11 is 17.0. The van der Waals surface area contributed by atoms with E-state index in [0.29, 0.717) is 21.4 Å². The van der Waals surface area contributed by atoms with Gasteiger partial charge in [-0.05, 0) is 36.0 Å². The highest BCUT2D eigenvalue weighted by Crippen LogP contribution is 2.21. The van der Waals surface area contributed by atoms with E-state index < -0.39 is 0 Å². The van der Waals surface area contributed by atoms with Crippen LogP contribution in [0.3, 0.4) is 0 Å². The van der Waals surface area contributed by atoms with E-state index in [-0.39, 0.29) is 0 Å². The number of rotatable bonds is 2. The molecule has 0 saturated carbocycles. The molecule has 0 spiro atoms. The normalized spacial score (nSPS) is 10.5. The van der Waals surface area contributed by atoms with E-state index in [1.54, 1.807) is 18.3 Å². The maximum absolute atomic E-state index is 6.05. The van der Waals surface area contributed by atoms with Crippen LogP contribution in [0.5, 0.6) is 0 Å². The van der Waals surface area contributed by atoms with Crippen LogP contribution in [0.15, 0.2) is 30.6 Å². The first-order chi connectivity index (χ1) is 7.16. The first kappa shape index (κ1) is 10.7. The van der Waals surface area contributed by atoms with Crippen molar-refractivity contribution in [3.05, 3.63) is 51.0 Å². The summed E-state index contributed by atoms with van der Waals surface area (Å²) in [6.45, 7) is 0.627. The van der Waals surface area contributed by atoms with Crippen molar-refractivity contribution in [2.24, 2.45) is 0 Å². The van der Waals surface area contributed by atoms with E-state index >= 15 is 0 Å². The highest BCUT2D eigenvalue weighted by atomic mass is 35.5. The maximum atomic E-state index is 6.05. The monoisotopic (exact) mass is 258 g/mol. The summed E-state index contributed by atoms with van der Waals surface area (Å²) in [5.74, 6) is 0. The molecular weight excluding hydrogens is 251 g/mol. The van der Waals surface area contributed by atoms with Gasteiger partial charge >= 0.3 is 0 Å². The molecule has 1 aromatic carbocycles. The molecule has 0 saturated heterocycles. The molecule has 0 bridgehead atoms. The van der Waals surface area contributed by atoms with Gasteiger partial charge in [0.2, 0.25) is 0 Å². The van der Waals surface area contributed by atoms with Crippen molar-refractivity contribution in [2.75, 3.05) is 0 Å². The second-order valence-electron chi connectivity index (χ2n) is 3.13. The van der Waals surface area contributed by atoms with Gasteiger partial charge in [-0.2, -0.15) is 0 Å². The van der Waals surface area contributed by atoms with Crippen LogP contribution in [-0.2, 0) is 6.54 Å². The van der Waals surface area contributed by atoms with Gasteiger partial charge in [0, 0.05) is 22.4 Å². The lowest BCUT2D eigenvalue weighted by Crippen LogP contribution is -1.98. The van der Waals surface area contributed by atoms with Gasteiger partial charge in [-0.3, -0.25) is 0 Å². The van der Waals surface area contributed by atoms with Crippen LogP contribution in [0.1, 0.15) is 5.56 Å². The molecule has 0 aliphatic rings. The Balaban J connectivity index is 2.36. The molecular formula is C10H8Cl2N2S. The number of hydrogen-bond acceptors (Lipinski definition) is 1. The SMILES string of the molecule is S=c1[nH]ccn1Cc1cc(Cl)ccc1Cl. The van der Waals surface area contributed by atoms with Crippen molar-refractivity contribution < 1.29 is 0 Å². The van der Waals surface area contributed by atoms with Crippen LogP contribution in [-0.4, -0.2) is 9.55 Å². The maximum Gasteiger partial charge on any atom is 0.177 e. The van der Waals surface area contributed by atoms with E-state index in [1.165, 1.54) is 0 Å². The summed E-state index contributed by atoms with van der Waals surface area (Å²) in [5.41, 5.74) is 0.958. The summed E-state index contributed by atoms with van der Waals surface area (Å²) < 4.78 is 2.57. The Morgan fingerprint density at radius 2 is 2.13 bits per heavy atom. The van der Waals surface area contributed by atoms with Gasteiger partial charge < -0.3 is 9.55 Å². The zero-order valence-electron chi connectivity index (χ0n) is 7.71. The predicted octanol–water partition coefficient (Wildman–Crippen LogP) is 3.90. The molecule has 1 N–H and O–H groups in total.